The fraction of sp³-hybridized carbons (Fsp3) is 0.111. The molecule has 1 heterocycles. The number of hydrogen-bond donors (Lipinski definition) is 2. The molecular weight excluding hydrogens is 194 g/mol. The summed E-state index contributed by atoms with van der Waals surface area (Å²) in [4.78, 5) is 11.5. The van der Waals surface area contributed by atoms with Crippen molar-refractivity contribution in [1.29, 1.82) is 0 Å². The van der Waals surface area contributed by atoms with Crippen molar-refractivity contribution in [3.63, 3.8) is 0 Å². The number of carbonyl (C=O) groups excluding carboxylic acids is 1. The van der Waals surface area contributed by atoms with Gasteiger partial charge >= 0.3 is 0 Å². The average molecular weight is 203 g/mol. The maximum Gasteiger partial charge on any atom is 0.251 e. The quantitative estimate of drug-likeness (QED) is 0.742. The van der Waals surface area contributed by atoms with Crippen LogP contribution in [0, 0.1) is 0 Å². The third-order valence-electron chi connectivity index (χ3n) is 1.83. The number of aromatic nitrogens is 4. The first-order chi connectivity index (χ1) is 7.36. The zero-order valence-corrected chi connectivity index (χ0v) is 7.84. The van der Waals surface area contributed by atoms with Crippen molar-refractivity contribution in [2.45, 2.75) is 6.54 Å². The number of nitrogens with one attached hydrogen (secondary N) is 2. The Bertz CT molecular complexity index is 425. The molecule has 0 unspecified atom stereocenters. The van der Waals surface area contributed by atoms with Crippen molar-refractivity contribution < 1.29 is 4.79 Å². The highest BCUT2D eigenvalue weighted by Crippen LogP contribution is 1.97. The van der Waals surface area contributed by atoms with Crippen LogP contribution in [0.2, 0.25) is 0 Å². The minimum atomic E-state index is -0.152. The molecule has 6 heteroatoms. The molecule has 0 aliphatic heterocycles. The molecule has 0 saturated heterocycles. The van der Waals surface area contributed by atoms with E-state index in [-0.39, 0.29) is 12.5 Å². The summed E-state index contributed by atoms with van der Waals surface area (Å²) in [5.74, 6) is 0.305. The Labute approximate surface area is 85.7 Å². The second kappa shape index (κ2) is 4.32. The van der Waals surface area contributed by atoms with Crippen LogP contribution in [-0.2, 0) is 6.54 Å². The van der Waals surface area contributed by atoms with E-state index in [9.17, 15) is 4.79 Å². The van der Waals surface area contributed by atoms with Crippen LogP contribution in [0.4, 0.5) is 0 Å². The number of carbonyl (C=O) groups is 1. The SMILES string of the molecule is O=C(NCc1nn[nH]n1)c1ccccc1. The van der Waals surface area contributed by atoms with E-state index >= 15 is 0 Å². The second-order valence-corrected chi connectivity index (χ2v) is 2.88. The van der Waals surface area contributed by atoms with E-state index in [1.807, 2.05) is 18.2 Å². The highest BCUT2D eigenvalue weighted by Gasteiger charge is 2.05. The maximum absolute atomic E-state index is 11.5. The molecule has 2 rings (SSSR count). The van der Waals surface area contributed by atoms with Crippen molar-refractivity contribution in [3.05, 3.63) is 41.7 Å². The van der Waals surface area contributed by atoms with Crippen LogP contribution < -0.4 is 5.32 Å². The van der Waals surface area contributed by atoms with Crippen molar-refractivity contribution >= 4 is 5.91 Å². The van der Waals surface area contributed by atoms with Gasteiger partial charge in [0, 0.05) is 5.56 Å². The normalized spacial score (nSPS) is 9.87. The topological polar surface area (TPSA) is 83.6 Å². The largest absolute Gasteiger partial charge is 0.345 e. The molecule has 0 saturated carbocycles. The minimum Gasteiger partial charge on any atom is -0.345 e. The fourth-order valence-electron chi connectivity index (χ4n) is 1.11. The van der Waals surface area contributed by atoms with E-state index in [2.05, 4.69) is 25.9 Å². The number of hydrogen-bond acceptors (Lipinski definition) is 4. The molecule has 0 spiro atoms. The van der Waals surface area contributed by atoms with Gasteiger partial charge < -0.3 is 5.32 Å². The summed E-state index contributed by atoms with van der Waals surface area (Å²) in [7, 11) is 0. The lowest BCUT2D eigenvalue weighted by atomic mass is 10.2. The molecule has 6 nitrogen and oxygen atoms in total. The third-order valence-corrected chi connectivity index (χ3v) is 1.83. The van der Waals surface area contributed by atoms with E-state index in [0.717, 1.165) is 0 Å². The lowest BCUT2D eigenvalue weighted by Gasteiger charge is -2.01. The van der Waals surface area contributed by atoms with Crippen LogP contribution in [0.15, 0.2) is 30.3 Å². The smallest absolute Gasteiger partial charge is 0.251 e. The molecule has 0 radical (unpaired) electrons. The lowest BCUT2D eigenvalue weighted by Crippen LogP contribution is -2.23. The summed E-state index contributed by atoms with van der Waals surface area (Å²) in [5, 5.41) is 15.8. The number of nitrogens with zero attached hydrogens (tertiary/aromatic N) is 3. The Balaban J connectivity index is 1.94. The Morgan fingerprint density at radius 2 is 2.13 bits per heavy atom. The number of H-pyrrole nitrogens is 1. The summed E-state index contributed by atoms with van der Waals surface area (Å²) in [5.41, 5.74) is 0.612. The summed E-state index contributed by atoms with van der Waals surface area (Å²) < 4.78 is 0. The van der Waals surface area contributed by atoms with Crippen molar-refractivity contribution in [1.82, 2.24) is 25.9 Å². The predicted molar refractivity (Wildman–Crippen MR) is 51.8 cm³/mol. The molecule has 0 bridgehead atoms. The molecule has 15 heavy (non-hydrogen) atoms. The van der Waals surface area contributed by atoms with Crippen LogP contribution >= 0.6 is 0 Å². The third kappa shape index (κ3) is 2.37. The number of benzene rings is 1. The zero-order chi connectivity index (χ0) is 10.5. The summed E-state index contributed by atoms with van der Waals surface area (Å²) >= 11 is 0. The van der Waals surface area contributed by atoms with Crippen LogP contribution in [0.1, 0.15) is 16.2 Å². The van der Waals surface area contributed by atoms with Gasteiger partial charge in [0.2, 0.25) is 0 Å². The maximum atomic E-state index is 11.5. The van der Waals surface area contributed by atoms with Gasteiger partial charge in [0.25, 0.3) is 5.91 Å². The molecule has 1 aromatic carbocycles. The van der Waals surface area contributed by atoms with E-state index in [1.165, 1.54) is 0 Å². The summed E-state index contributed by atoms with van der Waals surface area (Å²) in [6, 6.07) is 8.96. The predicted octanol–water partition coefficient (Wildman–Crippen LogP) is 0.130. The van der Waals surface area contributed by atoms with Gasteiger partial charge in [0.1, 0.15) is 0 Å². The Morgan fingerprint density at radius 1 is 1.33 bits per heavy atom. The summed E-state index contributed by atoms with van der Waals surface area (Å²) in [6.45, 7) is 0.268. The Morgan fingerprint density at radius 3 is 2.80 bits per heavy atom. The van der Waals surface area contributed by atoms with Gasteiger partial charge in [-0.2, -0.15) is 5.21 Å². The second-order valence-electron chi connectivity index (χ2n) is 2.88. The Hall–Kier alpha value is -2.24. The molecular formula is C9H9N5O. The first kappa shape index (κ1) is 9.32. The molecule has 2 aromatic rings. The Kier molecular flexibility index (Phi) is 2.68. The van der Waals surface area contributed by atoms with Crippen LogP contribution in [0.25, 0.3) is 0 Å². The molecule has 0 atom stereocenters. The van der Waals surface area contributed by atoms with E-state index in [1.54, 1.807) is 12.1 Å². The van der Waals surface area contributed by atoms with E-state index in [4.69, 9.17) is 0 Å². The number of rotatable bonds is 3. The van der Waals surface area contributed by atoms with Gasteiger partial charge in [-0.1, -0.05) is 23.4 Å². The van der Waals surface area contributed by atoms with Gasteiger partial charge in [-0.25, -0.2) is 0 Å². The molecule has 1 aromatic heterocycles. The van der Waals surface area contributed by atoms with Crippen molar-refractivity contribution in [2.75, 3.05) is 0 Å². The van der Waals surface area contributed by atoms with Crippen molar-refractivity contribution in [3.8, 4) is 0 Å². The first-order valence-corrected chi connectivity index (χ1v) is 4.42. The van der Waals surface area contributed by atoms with Crippen LogP contribution in [0.5, 0.6) is 0 Å². The molecule has 0 fully saturated rings. The standard InChI is InChI=1S/C9H9N5O/c15-9(7-4-2-1-3-5-7)10-6-8-11-13-14-12-8/h1-5H,6H2,(H,10,15)(H,11,12,13,14). The monoisotopic (exact) mass is 203 g/mol. The highest BCUT2D eigenvalue weighted by atomic mass is 16.1. The van der Waals surface area contributed by atoms with Gasteiger partial charge in [-0.15, -0.1) is 10.2 Å². The summed E-state index contributed by atoms with van der Waals surface area (Å²) in [6.07, 6.45) is 0. The van der Waals surface area contributed by atoms with Gasteiger partial charge in [0.05, 0.1) is 6.54 Å². The van der Waals surface area contributed by atoms with Gasteiger partial charge in [0.15, 0.2) is 5.82 Å². The van der Waals surface area contributed by atoms with E-state index < -0.39 is 0 Å². The lowest BCUT2D eigenvalue weighted by molar-refractivity contribution is 0.0950. The highest BCUT2D eigenvalue weighted by molar-refractivity contribution is 5.93. The molecule has 76 valence electrons. The van der Waals surface area contributed by atoms with Gasteiger partial charge in [-0.05, 0) is 12.1 Å². The van der Waals surface area contributed by atoms with Gasteiger partial charge in [-0.3, -0.25) is 4.79 Å². The molecule has 0 aliphatic rings. The van der Waals surface area contributed by atoms with Crippen LogP contribution in [-0.4, -0.2) is 26.5 Å². The number of amides is 1. The minimum absolute atomic E-state index is 0.152. The zero-order valence-electron chi connectivity index (χ0n) is 7.84. The fourth-order valence-corrected chi connectivity index (χ4v) is 1.11. The number of aromatic amines is 1. The molecule has 0 aliphatic carbocycles. The molecule has 2 N–H and O–H groups in total. The van der Waals surface area contributed by atoms with E-state index in [0.29, 0.717) is 11.4 Å². The molecule has 1 amide bonds. The average Bonchev–Trinajstić information content (AvgIpc) is 2.80. The number of tetrazole rings is 1. The van der Waals surface area contributed by atoms with Crippen LogP contribution in [0.3, 0.4) is 0 Å². The first-order valence-electron chi connectivity index (χ1n) is 4.42. The van der Waals surface area contributed by atoms with Crippen molar-refractivity contribution in [2.24, 2.45) is 0 Å².